The van der Waals surface area contributed by atoms with E-state index in [2.05, 4.69) is 10.3 Å². The molecule has 0 saturated carbocycles. The van der Waals surface area contributed by atoms with Crippen molar-refractivity contribution in [1.29, 1.82) is 0 Å². The Balaban J connectivity index is 1.59. The second-order valence-corrected chi connectivity index (χ2v) is 8.54. The molecule has 0 saturated heterocycles. The quantitative estimate of drug-likeness (QED) is 0.512. The third-order valence-electron chi connectivity index (χ3n) is 5.12. The highest BCUT2D eigenvalue weighted by atomic mass is 32.2. The standard InChI is InChI=1S/C26H24N2O3S/c1-31-21-14-12-18(13-15-21)16-22-24(29)23(25(30)28-20-10-6-3-7-11-20)26(32-22)27-17-19-8-4-2-5-9-19/h2-15,22,29H,16-17H2,1H3,(H,28,30)/t22-/m0/s1. The molecule has 0 aliphatic carbocycles. The number of methoxy groups -OCH3 is 1. The van der Waals surface area contributed by atoms with Crippen LogP contribution < -0.4 is 10.1 Å². The average Bonchev–Trinajstić information content (AvgIpc) is 3.14. The Bertz CT molecular complexity index is 1130. The molecule has 4 rings (SSSR count). The third-order valence-corrected chi connectivity index (χ3v) is 6.35. The van der Waals surface area contributed by atoms with E-state index in [1.54, 1.807) is 7.11 Å². The second kappa shape index (κ2) is 10.2. The molecule has 5 nitrogen and oxygen atoms in total. The van der Waals surface area contributed by atoms with Crippen molar-refractivity contribution < 1.29 is 14.6 Å². The minimum atomic E-state index is -0.356. The SMILES string of the molecule is COc1ccc(C[C@@H]2SC(=NCc3ccccc3)C(C(=O)Nc3ccccc3)=C2O)cc1. The van der Waals surface area contributed by atoms with Crippen LogP contribution in [-0.4, -0.2) is 28.4 Å². The van der Waals surface area contributed by atoms with Crippen molar-refractivity contribution in [3.63, 3.8) is 0 Å². The number of hydrogen-bond acceptors (Lipinski definition) is 5. The number of anilines is 1. The van der Waals surface area contributed by atoms with Gasteiger partial charge in [-0.1, -0.05) is 72.4 Å². The highest BCUT2D eigenvalue weighted by molar-refractivity contribution is 8.15. The maximum absolute atomic E-state index is 13.1. The molecule has 0 radical (unpaired) electrons. The van der Waals surface area contributed by atoms with Crippen molar-refractivity contribution in [2.45, 2.75) is 18.2 Å². The number of aliphatic imine (C=N–C) groups is 1. The monoisotopic (exact) mass is 444 g/mol. The van der Waals surface area contributed by atoms with E-state index >= 15 is 0 Å². The van der Waals surface area contributed by atoms with Crippen molar-refractivity contribution in [2.75, 3.05) is 12.4 Å². The van der Waals surface area contributed by atoms with Gasteiger partial charge in [0.05, 0.1) is 18.9 Å². The van der Waals surface area contributed by atoms with Gasteiger partial charge in [0.25, 0.3) is 5.91 Å². The summed E-state index contributed by atoms with van der Waals surface area (Å²) >= 11 is 1.42. The van der Waals surface area contributed by atoms with Crippen LogP contribution in [0.25, 0.3) is 0 Å². The molecule has 0 bridgehead atoms. The zero-order valence-electron chi connectivity index (χ0n) is 17.7. The van der Waals surface area contributed by atoms with E-state index in [9.17, 15) is 9.90 Å². The van der Waals surface area contributed by atoms with Crippen molar-refractivity contribution in [3.8, 4) is 5.75 Å². The van der Waals surface area contributed by atoms with E-state index < -0.39 is 0 Å². The number of rotatable bonds is 7. The highest BCUT2D eigenvalue weighted by Crippen LogP contribution is 2.37. The lowest BCUT2D eigenvalue weighted by Gasteiger charge is -2.10. The molecular formula is C26H24N2O3S. The van der Waals surface area contributed by atoms with E-state index in [0.717, 1.165) is 16.9 Å². The summed E-state index contributed by atoms with van der Waals surface area (Å²) in [5.74, 6) is 0.483. The fourth-order valence-corrected chi connectivity index (χ4v) is 4.65. The Morgan fingerprint density at radius 2 is 1.62 bits per heavy atom. The Hall–Kier alpha value is -3.51. The molecule has 0 fully saturated rings. The van der Waals surface area contributed by atoms with Crippen LogP contribution in [0.1, 0.15) is 11.1 Å². The van der Waals surface area contributed by atoms with Crippen molar-refractivity contribution in [1.82, 2.24) is 0 Å². The molecule has 1 amide bonds. The summed E-state index contributed by atoms with van der Waals surface area (Å²) in [6.07, 6.45) is 0.576. The van der Waals surface area contributed by atoms with E-state index in [-0.39, 0.29) is 22.5 Å². The first-order valence-corrected chi connectivity index (χ1v) is 11.2. The predicted octanol–water partition coefficient (Wildman–Crippen LogP) is 5.40. The number of carbonyl (C=O) groups is 1. The smallest absolute Gasteiger partial charge is 0.261 e. The normalized spacial score (nSPS) is 16.9. The molecular weight excluding hydrogens is 420 g/mol. The number of benzene rings is 3. The second-order valence-electron chi connectivity index (χ2n) is 7.35. The van der Waals surface area contributed by atoms with Gasteiger partial charge in [-0.2, -0.15) is 0 Å². The third kappa shape index (κ3) is 5.21. The molecule has 3 aromatic rings. The van der Waals surface area contributed by atoms with Crippen molar-refractivity contribution in [3.05, 3.63) is 107 Å². The molecule has 162 valence electrons. The van der Waals surface area contributed by atoms with Crippen LogP contribution in [0.15, 0.2) is 101 Å². The molecule has 6 heteroatoms. The lowest BCUT2D eigenvalue weighted by Crippen LogP contribution is -2.19. The van der Waals surface area contributed by atoms with Crippen LogP contribution >= 0.6 is 11.8 Å². The zero-order valence-corrected chi connectivity index (χ0v) is 18.5. The summed E-state index contributed by atoms with van der Waals surface area (Å²) in [6, 6.07) is 26.8. The maximum Gasteiger partial charge on any atom is 0.261 e. The first-order chi connectivity index (χ1) is 15.6. The molecule has 0 aromatic heterocycles. The number of para-hydroxylation sites is 1. The van der Waals surface area contributed by atoms with E-state index in [4.69, 9.17) is 4.74 Å². The Labute approximate surface area is 191 Å². The summed E-state index contributed by atoms with van der Waals surface area (Å²) in [7, 11) is 1.63. The van der Waals surface area contributed by atoms with Gasteiger partial charge in [0.15, 0.2) is 0 Å². The minimum absolute atomic E-state index is 0.0612. The van der Waals surface area contributed by atoms with Gasteiger partial charge in [-0.15, -0.1) is 0 Å². The van der Waals surface area contributed by atoms with Crippen LogP contribution in [0.3, 0.4) is 0 Å². The van der Waals surface area contributed by atoms with Gasteiger partial charge in [-0.3, -0.25) is 9.79 Å². The summed E-state index contributed by atoms with van der Waals surface area (Å²) in [4.78, 5) is 17.8. The van der Waals surface area contributed by atoms with Gasteiger partial charge < -0.3 is 15.2 Å². The molecule has 1 heterocycles. The van der Waals surface area contributed by atoms with Crippen molar-refractivity contribution >= 4 is 28.4 Å². The maximum atomic E-state index is 13.1. The molecule has 0 unspecified atom stereocenters. The van der Waals surface area contributed by atoms with Gasteiger partial charge in [-0.05, 0) is 41.8 Å². The number of thioether (sulfide) groups is 1. The highest BCUT2D eigenvalue weighted by Gasteiger charge is 2.35. The number of amides is 1. The number of nitrogens with one attached hydrogen (secondary N) is 1. The number of nitrogens with zero attached hydrogens (tertiary/aromatic N) is 1. The van der Waals surface area contributed by atoms with E-state index in [1.165, 1.54) is 11.8 Å². The first-order valence-electron chi connectivity index (χ1n) is 10.3. The molecule has 3 aromatic carbocycles. The summed E-state index contributed by atoms with van der Waals surface area (Å²) in [6.45, 7) is 0.438. The fraction of sp³-hybridized carbons (Fsp3) is 0.154. The zero-order chi connectivity index (χ0) is 22.3. The number of ether oxygens (including phenoxy) is 1. The Kier molecular flexibility index (Phi) is 6.92. The van der Waals surface area contributed by atoms with Gasteiger partial charge in [0, 0.05) is 5.69 Å². The summed E-state index contributed by atoms with van der Waals surface area (Å²) in [5, 5.41) is 14.2. The largest absolute Gasteiger partial charge is 0.510 e. The molecule has 32 heavy (non-hydrogen) atoms. The molecule has 1 aliphatic heterocycles. The van der Waals surface area contributed by atoms with Crippen LogP contribution in [0.4, 0.5) is 5.69 Å². The van der Waals surface area contributed by atoms with Gasteiger partial charge in [-0.25, -0.2) is 0 Å². The number of hydrogen-bond donors (Lipinski definition) is 2. The minimum Gasteiger partial charge on any atom is -0.510 e. The Morgan fingerprint density at radius 3 is 2.28 bits per heavy atom. The summed E-state index contributed by atoms with van der Waals surface area (Å²) in [5.41, 5.74) is 3.00. The number of aliphatic hydroxyl groups is 1. The molecule has 0 spiro atoms. The fourth-order valence-electron chi connectivity index (χ4n) is 3.43. The van der Waals surface area contributed by atoms with Gasteiger partial charge in [0.1, 0.15) is 22.1 Å². The van der Waals surface area contributed by atoms with Gasteiger partial charge >= 0.3 is 0 Å². The lowest BCUT2D eigenvalue weighted by atomic mass is 10.1. The molecule has 2 N–H and O–H groups in total. The van der Waals surface area contributed by atoms with Gasteiger partial charge in [0.2, 0.25) is 0 Å². The lowest BCUT2D eigenvalue weighted by molar-refractivity contribution is -0.112. The predicted molar refractivity (Wildman–Crippen MR) is 130 cm³/mol. The van der Waals surface area contributed by atoms with Crippen LogP contribution in [0.5, 0.6) is 5.75 Å². The van der Waals surface area contributed by atoms with E-state index in [1.807, 2.05) is 84.9 Å². The average molecular weight is 445 g/mol. The Morgan fingerprint density at radius 1 is 0.969 bits per heavy atom. The van der Waals surface area contributed by atoms with Crippen LogP contribution in [-0.2, 0) is 17.8 Å². The van der Waals surface area contributed by atoms with Crippen LogP contribution in [0.2, 0.25) is 0 Å². The topological polar surface area (TPSA) is 70.9 Å². The molecule has 1 atom stereocenters. The summed E-state index contributed by atoms with van der Waals surface area (Å²) < 4.78 is 5.22. The number of carbonyl (C=O) groups excluding carboxylic acids is 1. The number of aliphatic hydroxyl groups excluding tert-OH is 1. The molecule has 1 aliphatic rings. The van der Waals surface area contributed by atoms with Crippen molar-refractivity contribution in [2.24, 2.45) is 4.99 Å². The van der Waals surface area contributed by atoms with Crippen LogP contribution in [0, 0.1) is 0 Å². The first kappa shape index (κ1) is 21.7. The van der Waals surface area contributed by atoms with E-state index in [0.29, 0.717) is 23.7 Å².